The van der Waals surface area contributed by atoms with Gasteiger partial charge in [0.2, 0.25) is 0 Å². The molecular weight excluding hydrogens is 685 g/mol. The van der Waals surface area contributed by atoms with Crippen LogP contribution in [-0.2, 0) is 10.8 Å². The van der Waals surface area contributed by atoms with Crippen LogP contribution in [0.1, 0.15) is 49.9 Å². The summed E-state index contributed by atoms with van der Waals surface area (Å²) in [4.78, 5) is 30.4. The minimum absolute atomic E-state index is 0.154. The Balaban J connectivity index is 1.08. The molecular formula is C50H36N6. The molecule has 0 aliphatic heterocycles. The summed E-state index contributed by atoms with van der Waals surface area (Å²) in [7, 11) is 0. The minimum Gasteiger partial charge on any atom is -0.256 e. The van der Waals surface area contributed by atoms with E-state index in [9.17, 15) is 0 Å². The van der Waals surface area contributed by atoms with E-state index in [0.717, 1.165) is 50.0 Å². The van der Waals surface area contributed by atoms with Gasteiger partial charge in [0.1, 0.15) is 5.69 Å². The highest BCUT2D eigenvalue weighted by atomic mass is 15.0. The monoisotopic (exact) mass is 720 g/mol. The molecule has 0 saturated heterocycles. The molecule has 0 saturated carbocycles. The van der Waals surface area contributed by atoms with Gasteiger partial charge in [0.05, 0.1) is 11.4 Å². The summed E-state index contributed by atoms with van der Waals surface area (Å²) in [6, 6.07) is 44.8. The van der Waals surface area contributed by atoms with Gasteiger partial charge in [-0.25, -0.2) is 15.0 Å². The zero-order valence-corrected chi connectivity index (χ0v) is 31.5. The Morgan fingerprint density at radius 2 is 1.00 bits per heavy atom. The van der Waals surface area contributed by atoms with Crippen LogP contribution in [0.3, 0.4) is 0 Å². The van der Waals surface area contributed by atoms with E-state index in [2.05, 4.69) is 149 Å². The smallest absolute Gasteiger partial charge is 0.182 e. The van der Waals surface area contributed by atoms with E-state index < -0.39 is 0 Å². The van der Waals surface area contributed by atoms with E-state index in [1.54, 1.807) is 0 Å². The maximum atomic E-state index is 5.20. The SMILES string of the molecule is CC1(C)c2cc3c(cc2-c2ncccc21)C(C)(C)c1cc(-c2nc(-c4cc(-c5cccc6ccccc56)ccn4)nc(-c4cccc5ccccc45)n2)cnc1-3. The van der Waals surface area contributed by atoms with Crippen molar-refractivity contribution in [1.29, 1.82) is 0 Å². The van der Waals surface area contributed by atoms with Crippen LogP contribution in [0.15, 0.2) is 146 Å². The van der Waals surface area contributed by atoms with Crippen molar-refractivity contribution in [2.24, 2.45) is 0 Å². The lowest BCUT2D eigenvalue weighted by atomic mass is 9.79. The molecule has 0 N–H and O–H groups in total. The first kappa shape index (κ1) is 32.5. The van der Waals surface area contributed by atoms with Gasteiger partial charge in [-0.2, -0.15) is 0 Å². The summed E-state index contributed by atoms with van der Waals surface area (Å²) in [5, 5.41) is 4.57. The molecule has 0 spiro atoms. The molecule has 56 heavy (non-hydrogen) atoms. The van der Waals surface area contributed by atoms with Crippen LogP contribution in [-0.4, -0.2) is 29.9 Å². The van der Waals surface area contributed by atoms with Gasteiger partial charge < -0.3 is 0 Å². The van der Waals surface area contributed by atoms with Gasteiger partial charge in [-0.05, 0) is 91.3 Å². The number of nitrogens with zero attached hydrogens (tertiary/aromatic N) is 6. The molecule has 0 radical (unpaired) electrons. The van der Waals surface area contributed by atoms with E-state index in [1.165, 1.54) is 38.6 Å². The molecule has 0 bridgehead atoms. The molecule has 6 heteroatoms. The Morgan fingerprint density at radius 3 is 1.75 bits per heavy atom. The first-order valence-electron chi connectivity index (χ1n) is 19.1. The highest BCUT2D eigenvalue weighted by molar-refractivity contribution is 5.98. The zero-order chi connectivity index (χ0) is 37.8. The highest BCUT2D eigenvalue weighted by Gasteiger charge is 2.43. The second-order valence-electron chi connectivity index (χ2n) is 16.0. The van der Waals surface area contributed by atoms with Crippen LogP contribution < -0.4 is 0 Å². The number of pyridine rings is 3. The van der Waals surface area contributed by atoms with Crippen molar-refractivity contribution in [1.82, 2.24) is 29.9 Å². The summed E-state index contributed by atoms with van der Waals surface area (Å²) in [6.45, 7) is 9.17. The van der Waals surface area contributed by atoms with Gasteiger partial charge >= 0.3 is 0 Å². The van der Waals surface area contributed by atoms with Crippen LogP contribution in [0, 0.1) is 0 Å². The van der Waals surface area contributed by atoms with Gasteiger partial charge in [0.15, 0.2) is 17.5 Å². The fourth-order valence-electron chi connectivity index (χ4n) is 9.08. The maximum absolute atomic E-state index is 5.20. The lowest BCUT2D eigenvalue weighted by Gasteiger charge is -2.24. The van der Waals surface area contributed by atoms with Crippen molar-refractivity contribution in [3.63, 3.8) is 0 Å². The number of benzene rings is 5. The lowest BCUT2D eigenvalue weighted by molar-refractivity contribution is 0.651. The fourth-order valence-corrected chi connectivity index (χ4v) is 9.08. The molecule has 0 amide bonds. The third-order valence-electron chi connectivity index (χ3n) is 12.1. The second-order valence-corrected chi connectivity index (χ2v) is 16.0. The summed E-state index contributed by atoms with van der Waals surface area (Å²) < 4.78 is 0. The summed E-state index contributed by atoms with van der Waals surface area (Å²) in [5.41, 5.74) is 13.6. The molecule has 2 aliphatic carbocycles. The minimum atomic E-state index is -0.312. The number of hydrogen-bond acceptors (Lipinski definition) is 6. The molecule has 266 valence electrons. The molecule has 5 aromatic carbocycles. The van der Waals surface area contributed by atoms with E-state index in [4.69, 9.17) is 29.9 Å². The molecule has 4 aromatic heterocycles. The van der Waals surface area contributed by atoms with Gasteiger partial charge in [0, 0.05) is 51.7 Å². The van der Waals surface area contributed by atoms with Crippen molar-refractivity contribution in [2.75, 3.05) is 0 Å². The molecule has 4 heterocycles. The van der Waals surface area contributed by atoms with Crippen LogP contribution in [0.4, 0.5) is 0 Å². The molecule has 6 nitrogen and oxygen atoms in total. The van der Waals surface area contributed by atoms with Gasteiger partial charge in [-0.1, -0.05) is 119 Å². The molecule has 0 atom stereocenters. The summed E-state index contributed by atoms with van der Waals surface area (Å²) >= 11 is 0. The zero-order valence-electron chi connectivity index (χ0n) is 31.5. The van der Waals surface area contributed by atoms with Gasteiger partial charge in [-0.3, -0.25) is 15.0 Å². The van der Waals surface area contributed by atoms with E-state index >= 15 is 0 Å². The van der Waals surface area contributed by atoms with Gasteiger partial charge in [-0.15, -0.1) is 0 Å². The molecule has 2 aliphatic rings. The summed E-state index contributed by atoms with van der Waals surface area (Å²) in [5.74, 6) is 1.65. The fraction of sp³-hybridized carbons (Fsp3) is 0.120. The van der Waals surface area contributed by atoms with Crippen LogP contribution in [0.25, 0.3) is 89.5 Å². The molecule has 0 unspecified atom stereocenters. The van der Waals surface area contributed by atoms with Crippen LogP contribution >= 0.6 is 0 Å². The molecule has 11 rings (SSSR count). The quantitative estimate of drug-likeness (QED) is 0.180. The Bertz CT molecular complexity index is 3100. The van der Waals surface area contributed by atoms with Crippen molar-refractivity contribution >= 4 is 21.5 Å². The number of aromatic nitrogens is 6. The topological polar surface area (TPSA) is 77.3 Å². The Kier molecular flexibility index (Phi) is 6.84. The Labute approximate surface area is 325 Å². The third-order valence-corrected chi connectivity index (χ3v) is 12.1. The largest absolute Gasteiger partial charge is 0.256 e. The first-order valence-corrected chi connectivity index (χ1v) is 19.1. The van der Waals surface area contributed by atoms with Crippen molar-refractivity contribution in [3.8, 4) is 67.9 Å². The highest BCUT2D eigenvalue weighted by Crippen LogP contribution is 2.55. The Hall–Kier alpha value is -6.92. The van der Waals surface area contributed by atoms with Crippen LogP contribution in [0.2, 0.25) is 0 Å². The number of fused-ring (bicyclic) bond motifs is 8. The lowest BCUT2D eigenvalue weighted by Crippen LogP contribution is -2.17. The standard InChI is InChI=1S/C50H36N6/c1-49(2)39-20-11-22-52-44(39)37-26-41-38(27-40(37)49)45-42(50(41,3)4)24-32(28-53-45)46-54-47(36-19-10-15-30-13-6-8-17-34(30)36)56-48(55-46)43-25-31(21-23-51-43)35-18-9-14-29-12-5-7-16-33(29)35/h5-28H,1-4H3. The molecule has 9 aromatic rings. The Morgan fingerprint density at radius 1 is 0.393 bits per heavy atom. The second kappa shape index (κ2) is 11.8. The summed E-state index contributed by atoms with van der Waals surface area (Å²) in [6.07, 6.45) is 5.66. The average molecular weight is 721 g/mol. The third kappa shape index (κ3) is 4.75. The van der Waals surface area contributed by atoms with Crippen LogP contribution in [0.5, 0.6) is 0 Å². The first-order chi connectivity index (χ1) is 27.3. The van der Waals surface area contributed by atoms with Crippen molar-refractivity contribution in [3.05, 3.63) is 168 Å². The number of rotatable bonds is 4. The van der Waals surface area contributed by atoms with Crippen molar-refractivity contribution in [2.45, 2.75) is 38.5 Å². The van der Waals surface area contributed by atoms with E-state index in [-0.39, 0.29) is 10.8 Å². The number of hydrogen-bond donors (Lipinski definition) is 0. The van der Waals surface area contributed by atoms with E-state index in [0.29, 0.717) is 23.2 Å². The predicted octanol–water partition coefficient (Wildman–Crippen LogP) is 11.6. The predicted molar refractivity (Wildman–Crippen MR) is 225 cm³/mol. The normalized spacial score (nSPS) is 14.4. The average Bonchev–Trinajstić information content (AvgIpc) is 3.61. The van der Waals surface area contributed by atoms with Crippen molar-refractivity contribution < 1.29 is 0 Å². The van der Waals surface area contributed by atoms with Gasteiger partial charge in [0.25, 0.3) is 0 Å². The molecule has 0 fully saturated rings. The van der Waals surface area contributed by atoms with E-state index in [1.807, 2.05) is 24.7 Å². The maximum Gasteiger partial charge on any atom is 0.182 e.